The lowest BCUT2D eigenvalue weighted by atomic mass is 9.78. The molecule has 1 unspecified atom stereocenters. The van der Waals surface area contributed by atoms with E-state index < -0.39 is 29.7 Å². The van der Waals surface area contributed by atoms with Crippen molar-refractivity contribution >= 4 is 29.3 Å². The molecular formula is C39H35N7O7. The van der Waals surface area contributed by atoms with Crippen LogP contribution in [0.25, 0.3) is 11.6 Å². The largest absolute Gasteiger partial charge is 0.490 e. The number of aryl methyl sites for hydroxylation is 1. The van der Waals surface area contributed by atoms with Gasteiger partial charge in [-0.1, -0.05) is 38.1 Å². The number of piperidine rings is 1. The number of rotatable bonds is 10. The molecule has 3 aliphatic rings. The molecule has 4 heterocycles. The number of aromatic nitrogens is 4. The van der Waals surface area contributed by atoms with Gasteiger partial charge in [0.05, 0.1) is 23.5 Å². The topological polar surface area (TPSA) is 179 Å². The minimum Gasteiger partial charge on any atom is -0.490 e. The Morgan fingerprint density at radius 3 is 2.19 bits per heavy atom. The number of nitrogens with zero attached hydrogens (tertiary/aromatic N) is 5. The molecular weight excluding hydrogens is 678 g/mol. The summed E-state index contributed by atoms with van der Waals surface area (Å²) < 4.78 is 17.6. The first-order valence-corrected chi connectivity index (χ1v) is 17.3. The van der Waals surface area contributed by atoms with Crippen LogP contribution in [-0.4, -0.2) is 66.9 Å². The van der Waals surface area contributed by atoms with E-state index in [1.54, 1.807) is 25.1 Å². The van der Waals surface area contributed by atoms with Crippen LogP contribution in [0.4, 0.5) is 5.69 Å². The van der Waals surface area contributed by atoms with E-state index in [0.29, 0.717) is 34.8 Å². The van der Waals surface area contributed by atoms with E-state index in [4.69, 9.17) is 13.9 Å². The third kappa shape index (κ3) is 6.59. The fraction of sp³-hybridized carbons (Fsp3) is 0.282. The number of carbonyl (C=O) groups is 4. The van der Waals surface area contributed by atoms with E-state index in [0.717, 1.165) is 34.6 Å². The number of nitrogens with one attached hydrogen (secondary N) is 2. The molecule has 268 valence electrons. The van der Waals surface area contributed by atoms with Crippen molar-refractivity contribution in [2.45, 2.75) is 70.1 Å². The van der Waals surface area contributed by atoms with Crippen molar-refractivity contribution in [1.29, 1.82) is 0 Å². The van der Waals surface area contributed by atoms with Crippen LogP contribution in [-0.2, 0) is 15.0 Å². The number of hydrogen-bond acceptors (Lipinski definition) is 12. The minimum atomic E-state index is -0.991. The maximum atomic E-state index is 13.2. The van der Waals surface area contributed by atoms with Crippen LogP contribution < -0.4 is 20.1 Å². The molecule has 14 nitrogen and oxygen atoms in total. The molecule has 2 aliphatic heterocycles. The first-order valence-electron chi connectivity index (χ1n) is 17.3. The molecule has 3 aromatic carbocycles. The summed E-state index contributed by atoms with van der Waals surface area (Å²) in [6.07, 6.45) is 4.80. The molecule has 4 amide bonds. The van der Waals surface area contributed by atoms with Gasteiger partial charge in [-0.3, -0.25) is 29.4 Å². The molecule has 1 aliphatic carbocycles. The van der Waals surface area contributed by atoms with Gasteiger partial charge in [0.2, 0.25) is 23.6 Å². The second-order valence-electron chi connectivity index (χ2n) is 13.9. The maximum Gasteiger partial charge on any atom is 0.267 e. The van der Waals surface area contributed by atoms with Crippen molar-refractivity contribution in [3.8, 4) is 29.0 Å². The van der Waals surface area contributed by atoms with Crippen molar-refractivity contribution in [2.24, 2.45) is 0 Å². The van der Waals surface area contributed by atoms with Crippen LogP contribution in [0.15, 0.2) is 83.5 Å². The molecule has 0 radical (unpaired) electrons. The SMILES string of the molecule is Cc1nnc(-c2cnc(Oc3ccc(C(C)(C)c4ccc(OC5CC(Nc6ccc7c(c6)C(=O)N(C6CCC(=O)NC6=O)C7=O)C5)cc4)cc3)cn2)o1. The monoisotopic (exact) mass is 713 g/mol. The van der Waals surface area contributed by atoms with E-state index in [1.807, 2.05) is 36.4 Å². The Balaban J connectivity index is 0.829. The van der Waals surface area contributed by atoms with Gasteiger partial charge in [-0.05, 0) is 60.0 Å². The van der Waals surface area contributed by atoms with Gasteiger partial charge in [0.25, 0.3) is 17.7 Å². The van der Waals surface area contributed by atoms with Crippen molar-refractivity contribution in [1.82, 2.24) is 30.4 Å². The van der Waals surface area contributed by atoms with Gasteiger partial charge in [-0.15, -0.1) is 10.2 Å². The minimum absolute atomic E-state index is 0.0310. The van der Waals surface area contributed by atoms with Gasteiger partial charge >= 0.3 is 0 Å². The summed E-state index contributed by atoms with van der Waals surface area (Å²) in [6.45, 7) is 6.04. The number of benzene rings is 3. The molecule has 1 atom stereocenters. The summed E-state index contributed by atoms with van der Waals surface area (Å²) in [7, 11) is 0. The summed E-state index contributed by atoms with van der Waals surface area (Å²) in [6, 6.07) is 20.2. The molecule has 2 fully saturated rings. The van der Waals surface area contributed by atoms with Crippen molar-refractivity contribution in [3.63, 3.8) is 0 Å². The third-order valence-electron chi connectivity index (χ3n) is 9.96. The molecule has 5 aromatic rings. The van der Waals surface area contributed by atoms with Crippen LogP contribution in [0.2, 0.25) is 0 Å². The highest BCUT2D eigenvalue weighted by Crippen LogP contribution is 2.36. The van der Waals surface area contributed by atoms with Crippen LogP contribution >= 0.6 is 0 Å². The number of fused-ring (bicyclic) bond motifs is 1. The van der Waals surface area contributed by atoms with Gasteiger partial charge in [0.15, 0.2) is 0 Å². The van der Waals surface area contributed by atoms with Gasteiger partial charge in [-0.25, -0.2) is 9.97 Å². The number of anilines is 1. The summed E-state index contributed by atoms with van der Waals surface area (Å²) in [5.41, 5.74) is 3.64. The lowest BCUT2D eigenvalue weighted by molar-refractivity contribution is -0.136. The molecule has 53 heavy (non-hydrogen) atoms. The van der Waals surface area contributed by atoms with E-state index in [2.05, 4.69) is 56.8 Å². The summed E-state index contributed by atoms with van der Waals surface area (Å²) in [5, 5.41) is 13.4. The average molecular weight is 714 g/mol. The summed E-state index contributed by atoms with van der Waals surface area (Å²) in [5.74, 6) is 0.437. The van der Waals surface area contributed by atoms with Gasteiger partial charge < -0.3 is 19.2 Å². The van der Waals surface area contributed by atoms with Crippen LogP contribution in [0.3, 0.4) is 0 Å². The normalized spacial score (nSPS) is 19.8. The Bertz CT molecular complexity index is 2230. The zero-order chi connectivity index (χ0) is 36.9. The number of ether oxygens (including phenoxy) is 2. The van der Waals surface area contributed by atoms with E-state index >= 15 is 0 Å². The molecule has 1 saturated carbocycles. The van der Waals surface area contributed by atoms with Crippen LogP contribution in [0.1, 0.15) is 77.3 Å². The number of hydrogen-bond donors (Lipinski definition) is 2. The lowest BCUT2D eigenvalue weighted by Gasteiger charge is -2.36. The molecule has 1 saturated heterocycles. The first kappa shape index (κ1) is 33.7. The highest BCUT2D eigenvalue weighted by Gasteiger charge is 2.45. The maximum absolute atomic E-state index is 13.2. The predicted molar refractivity (Wildman–Crippen MR) is 189 cm³/mol. The fourth-order valence-electron chi connectivity index (χ4n) is 6.83. The van der Waals surface area contributed by atoms with E-state index in [1.165, 1.54) is 12.4 Å². The standard InChI is InChI=1S/C39H35N7O7/c1-21-44-45-36(51-21)31-19-41-34(20-40-31)53-27-11-6-23(7-12-27)39(2,3)22-4-9-26(10-5-22)52-28-16-25(17-28)42-24-8-13-29-30(18-24)38(50)46(37(29)49)32-14-15-33(47)43-35(32)48/h4-13,18-20,25,28,32,42H,14-17H2,1-3H3,(H,43,47,48). The Morgan fingerprint density at radius 1 is 0.849 bits per heavy atom. The Kier molecular flexibility index (Phi) is 8.44. The second-order valence-corrected chi connectivity index (χ2v) is 13.9. The fourth-order valence-corrected chi connectivity index (χ4v) is 6.83. The first-order chi connectivity index (χ1) is 25.5. The Labute approximate surface area is 303 Å². The summed E-state index contributed by atoms with van der Waals surface area (Å²) >= 11 is 0. The number of imide groups is 2. The third-order valence-corrected chi connectivity index (χ3v) is 9.96. The van der Waals surface area contributed by atoms with Gasteiger partial charge in [-0.2, -0.15) is 0 Å². The van der Waals surface area contributed by atoms with E-state index in [-0.39, 0.29) is 41.5 Å². The van der Waals surface area contributed by atoms with Gasteiger partial charge in [0.1, 0.15) is 29.3 Å². The Morgan fingerprint density at radius 2 is 1.55 bits per heavy atom. The highest BCUT2D eigenvalue weighted by molar-refractivity contribution is 6.23. The average Bonchev–Trinajstić information content (AvgIpc) is 3.68. The second kappa shape index (κ2) is 13.3. The highest BCUT2D eigenvalue weighted by atomic mass is 16.5. The smallest absolute Gasteiger partial charge is 0.267 e. The molecule has 2 aromatic heterocycles. The number of carbonyl (C=O) groups excluding carboxylic acids is 4. The predicted octanol–water partition coefficient (Wildman–Crippen LogP) is 5.38. The molecule has 14 heteroatoms. The van der Waals surface area contributed by atoms with Crippen molar-refractivity contribution < 1.29 is 33.1 Å². The van der Waals surface area contributed by atoms with Crippen molar-refractivity contribution in [3.05, 3.63) is 107 Å². The van der Waals surface area contributed by atoms with Crippen LogP contribution in [0.5, 0.6) is 17.4 Å². The molecule has 0 bridgehead atoms. The lowest BCUT2D eigenvalue weighted by Crippen LogP contribution is -2.54. The van der Waals surface area contributed by atoms with Gasteiger partial charge in [0, 0.05) is 43.3 Å². The zero-order valence-electron chi connectivity index (χ0n) is 29.2. The Hall–Kier alpha value is -6.44. The van der Waals surface area contributed by atoms with Crippen LogP contribution in [0, 0.1) is 6.92 Å². The number of amides is 4. The quantitative estimate of drug-likeness (QED) is 0.177. The molecule has 8 rings (SSSR count). The molecule has 2 N–H and O–H groups in total. The van der Waals surface area contributed by atoms with E-state index in [9.17, 15) is 19.2 Å². The molecule has 0 spiro atoms. The zero-order valence-corrected chi connectivity index (χ0v) is 29.2. The summed E-state index contributed by atoms with van der Waals surface area (Å²) in [4.78, 5) is 59.7. The van der Waals surface area contributed by atoms with Crippen molar-refractivity contribution in [2.75, 3.05) is 5.32 Å².